The highest BCUT2D eigenvalue weighted by molar-refractivity contribution is 5.93. The third kappa shape index (κ3) is 4.38. The van der Waals surface area contributed by atoms with Crippen LogP contribution in [-0.2, 0) is 6.42 Å². The van der Waals surface area contributed by atoms with E-state index < -0.39 is 0 Å². The molecule has 0 spiro atoms. The number of aromatic hydroxyl groups is 2. The molecule has 0 aliphatic heterocycles. The molecule has 0 heterocycles. The molecule has 0 unspecified atom stereocenters. The van der Waals surface area contributed by atoms with Gasteiger partial charge >= 0.3 is 0 Å². The van der Waals surface area contributed by atoms with Gasteiger partial charge in [0.2, 0.25) is 0 Å². The maximum absolute atomic E-state index is 9.91. The second-order valence-electron chi connectivity index (χ2n) is 5.51. The zero-order valence-corrected chi connectivity index (χ0v) is 13.7. The minimum atomic E-state index is -0.0908. The molecule has 0 aromatic heterocycles. The van der Waals surface area contributed by atoms with E-state index >= 15 is 0 Å². The van der Waals surface area contributed by atoms with Crippen molar-refractivity contribution in [2.75, 3.05) is 0 Å². The van der Waals surface area contributed by atoms with Crippen molar-refractivity contribution in [2.45, 2.75) is 45.4 Å². The van der Waals surface area contributed by atoms with E-state index in [9.17, 15) is 10.2 Å². The van der Waals surface area contributed by atoms with Crippen molar-refractivity contribution in [1.29, 1.82) is 5.41 Å². The van der Waals surface area contributed by atoms with Crippen LogP contribution in [0.15, 0.2) is 30.3 Å². The molecule has 22 heavy (non-hydrogen) atoms. The second-order valence-corrected chi connectivity index (χ2v) is 5.51. The molecule has 4 heteroatoms. The number of nitrogens with one attached hydrogen (secondary N) is 1. The van der Waals surface area contributed by atoms with Crippen LogP contribution < -0.4 is 0 Å². The van der Waals surface area contributed by atoms with Gasteiger partial charge < -0.3 is 15.6 Å². The number of phenols is 2. The standard InChI is InChI=1S/C18H23NO2.ClH/c1-2-3-4-7-14(19)10-9-13-6-5-8-16-15(13)11-12-17(20)18(16)21;/h5-6,8,11-12,19-21H,2-4,7,9-10H2,1H3;1H. The zero-order chi connectivity index (χ0) is 15.2. The number of fused-ring (bicyclic) bond motifs is 1. The largest absolute Gasteiger partial charge is 0.504 e. The molecule has 3 N–H and O–H groups in total. The minimum absolute atomic E-state index is 0. The van der Waals surface area contributed by atoms with E-state index in [2.05, 4.69) is 6.92 Å². The van der Waals surface area contributed by atoms with Gasteiger partial charge in [0.25, 0.3) is 0 Å². The van der Waals surface area contributed by atoms with Crippen molar-refractivity contribution in [2.24, 2.45) is 0 Å². The first-order valence-electron chi connectivity index (χ1n) is 7.62. The Labute approximate surface area is 137 Å². The lowest BCUT2D eigenvalue weighted by Gasteiger charge is -2.09. The van der Waals surface area contributed by atoms with E-state index in [4.69, 9.17) is 5.41 Å². The van der Waals surface area contributed by atoms with Crippen LogP contribution in [-0.4, -0.2) is 15.9 Å². The van der Waals surface area contributed by atoms with Crippen LogP contribution in [0.5, 0.6) is 11.5 Å². The Bertz CT molecular complexity index is 640. The monoisotopic (exact) mass is 321 g/mol. The van der Waals surface area contributed by atoms with Gasteiger partial charge in [-0.25, -0.2) is 0 Å². The molecule has 0 saturated heterocycles. The van der Waals surface area contributed by atoms with Crippen LogP contribution in [0.2, 0.25) is 0 Å². The number of hydrogen-bond acceptors (Lipinski definition) is 3. The van der Waals surface area contributed by atoms with Gasteiger partial charge in [0, 0.05) is 11.1 Å². The van der Waals surface area contributed by atoms with Crippen molar-refractivity contribution >= 4 is 28.9 Å². The number of rotatable bonds is 7. The predicted octanol–water partition coefficient (Wildman–Crippen LogP) is 5.21. The SMILES string of the molecule is CCCCCC(=N)CCc1cccc2c(O)c(O)ccc12.Cl. The molecular weight excluding hydrogens is 298 g/mol. The molecule has 2 rings (SSSR count). The van der Waals surface area contributed by atoms with Crippen molar-refractivity contribution < 1.29 is 10.2 Å². The highest BCUT2D eigenvalue weighted by atomic mass is 35.5. The van der Waals surface area contributed by atoms with E-state index in [1.54, 1.807) is 6.07 Å². The number of hydrogen-bond donors (Lipinski definition) is 3. The van der Waals surface area contributed by atoms with Crippen LogP contribution in [0.3, 0.4) is 0 Å². The van der Waals surface area contributed by atoms with Crippen LogP contribution in [0.4, 0.5) is 0 Å². The Hall–Kier alpha value is -1.74. The maximum Gasteiger partial charge on any atom is 0.165 e. The average Bonchev–Trinajstić information content (AvgIpc) is 2.49. The van der Waals surface area contributed by atoms with E-state index in [-0.39, 0.29) is 23.9 Å². The molecule has 0 aliphatic rings. The fourth-order valence-corrected chi connectivity index (χ4v) is 2.61. The molecule has 2 aromatic carbocycles. The van der Waals surface area contributed by atoms with Gasteiger partial charge in [0.1, 0.15) is 0 Å². The van der Waals surface area contributed by atoms with Gasteiger partial charge in [0.05, 0.1) is 0 Å². The Morgan fingerprint density at radius 3 is 2.50 bits per heavy atom. The second kappa shape index (κ2) is 8.64. The van der Waals surface area contributed by atoms with Crippen molar-refractivity contribution in [1.82, 2.24) is 0 Å². The summed E-state index contributed by atoms with van der Waals surface area (Å²) in [6, 6.07) is 9.07. The third-order valence-corrected chi connectivity index (χ3v) is 3.88. The molecule has 0 bridgehead atoms. The third-order valence-electron chi connectivity index (χ3n) is 3.88. The molecule has 0 fully saturated rings. The smallest absolute Gasteiger partial charge is 0.165 e. The molecule has 0 amide bonds. The number of halogens is 1. The van der Waals surface area contributed by atoms with E-state index in [1.165, 1.54) is 18.9 Å². The van der Waals surface area contributed by atoms with Crippen molar-refractivity contribution in [3.63, 3.8) is 0 Å². The van der Waals surface area contributed by atoms with Gasteiger partial charge in [-0.3, -0.25) is 0 Å². The quantitative estimate of drug-likeness (QED) is 0.372. The lowest BCUT2D eigenvalue weighted by molar-refractivity contribution is 0.408. The fourth-order valence-electron chi connectivity index (χ4n) is 2.61. The summed E-state index contributed by atoms with van der Waals surface area (Å²) >= 11 is 0. The highest BCUT2D eigenvalue weighted by Crippen LogP contribution is 2.35. The van der Waals surface area contributed by atoms with Gasteiger partial charge in [0.15, 0.2) is 11.5 Å². The maximum atomic E-state index is 9.91. The minimum Gasteiger partial charge on any atom is -0.504 e. The average molecular weight is 322 g/mol. The van der Waals surface area contributed by atoms with Crippen molar-refractivity contribution in [3.8, 4) is 11.5 Å². The molecular formula is C18H24ClNO2. The number of benzene rings is 2. The van der Waals surface area contributed by atoms with Gasteiger partial charge in [-0.2, -0.15) is 0 Å². The summed E-state index contributed by atoms with van der Waals surface area (Å²) in [6.45, 7) is 2.17. The molecule has 0 aliphatic carbocycles. The Morgan fingerprint density at radius 1 is 1.00 bits per heavy atom. The topological polar surface area (TPSA) is 64.3 Å². The van der Waals surface area contributed by atoms with Gasteiger partial charge in [-0.15, -0.1) is 12.4 Å². The fraction of sp³-hybridized carbons (Fsp3) is 0.389. The van der Waals surface area contributed by atoms with Crippen LogP contribution in [0.25, 0.3) is 10.8 Å². The van der Waals surface area contributed by atoms with E-state index in [0.717, 1.165) is 42.3 Å². The normalized spacial score (nSPS) is 10.4. The van der Waals surface area contributed by atoms with Crippen LogP contribution in [0, 0.1) is 5.41 Å². The number of aryl methyl sites for hydroxylation is 1. The highest BCUT2D eigenvalue weighted by Gasteiger charge is 2.08. The van der Waals surface area contributed by atoms with E-state index in [1.807, 2.05) is 18.2 Å². The summed E-state index contributed by atoms with van der Waals surface area (Å²) < 4.78 is 0. The predicted molar refractivity (Wildman–Crippen MR) is 94.7 cm³/mol. The molecule has 0 saturated carbocycles. The summed E-state index contributed by atoms with van der Waals surface area (Å²) in [5.41, 5.74) is 1.91. The summed E-state index contributed by atoms with van der Waals surface area (Å²) in [5.74, 6) is -0.153. The summed E-state index contributed by atoms with van der Waals surface area (Å²) in [5, 5.41) is 29.1. The first-order valence-corrected chi connectivity index (χ1v) is 7.62. The summed E-state index contributed by atoms with van der Waals surface area (Å²) in [6.07, 6.45) is 5.89. The molecule has 3 nitrogen and oxygen atoms in total. The molecule has 120 valence electrons. The summed E-state index contributed by atoms with van der Waals surface area (Å²) in [4.78, 5) is 0. The Kier molecular flexibility index (Phi) is 7.19. The van der Waals surface area contributed by atoms with Gasteiger partial charge in [-0.05, 0) is 42.7 Å². The lowest BCUT2D eigenvalue weighted by Crippen LogP contribution is -1.99. The number of phenolic OH excluding ortho intramolecular Hbond substituents is 2. The zero-order valence-electron chi connectivity index (χ0n) is 12.9. The van der Waals surface area contributed by atoms with Crippen LogP contribution in [0.1, 0.15) is 44.6 Å². The lowest BCUT2D eigenvalue weighted by atomic mass is 9.97. The first kappa shape index (κ1) is 18.3. The molecule has 0 radical (unpaired) electrons. The Balaban J connectivity index is 0.00000242. The Morgan fingerprint density at radius 2 is 1.77 bits per heavy atom. The molecule has 0 atom stereocenters. The van der Waals surface area contributed by atoms with Crippen molar-refractivity contribution in [3.05, 3.63) is 35.9 Å². The molecule has 2 aromatic rings. The van der Waals surface area contributed by atoms with Crippen LogP contribution >= 0.6 is 12.4 Å². The number of unbranched alkanes of at least 4 members (excludes halogenated alkanes) is 2. The van der Waals surface area contributed by atoms with E-state index in [0.29, 0.717) is 5.39 Å². The summed E-state index contributed by atoms with van der Waals surface area (Å²) in [7, 11) is 0. The van der Waals surface area contributed by atoms with Gasteiger partial charge in [-0.1, -0.05) is 44.0 Å². The first-order chi connectivity index (χ1) is 10.1.